The van der Waals surface area contributed by atoms with Gasteiger partial charge in [0.1, 0.15) is 12.0 Å². The molecule has 0 spiro atoms. The highest BCUT2D eigenvalue weighted by Crippen LogP contribution is 2.66. The fourth-order valence-corrected chi connectivity index (χ4v) is 5.77. The Kier molecular flexibility index (Phi) is 7.36. The van der Waals surface area contributed by atoms with Crippen molar-refractivity contribution in [2.75, 3.05) is 12.3 Å². The minimum absolute atomic E-state index is 0.135. The molecular formula is C11H19FN3O13P3. The van der Waals surface area contributed by atoms with E-state index in [1.807, 2.05) is 0 Å². The second kappa shape index (κ2) is 8.71. The normalized spacial score (nSPS) is 30.6. The number of aromatic nitrogens is 2. The average Bonchev–Trinajstić information content (AvgIpc) is 2.80. The van der Waals surface area contributed by atoms with Gasteiger partial charge in [-0.05, 0) is 12.5 Å². The highest BCUT2D eigenvalue weighted by Gasteiger charge is 2.61. The number of hydrogen-bond acceptors (Lipinski definition) is 11. The summed E-state index contributed by atoms with van der Waals surface area (Å²) in [5.41, 5.74) is 2.04. The fraction of sp³-hybridized carbons (Fsp3) is 0.636. The largest absolute Gasteiger partial charge is 0.490 e. The minimum Gasteiger partial charge on any atom is -0.383 e. The zero-order valence-corrected chi connectivity index (χ0v) is 18.2. The molecule has 0 saturated carbocycles. The number of phosphoric ester groups is 1. The van der Waals surface area contributed by atoms with E-state index in [0.29, 0.717) is 0 Å². The van der Waals surface area contributed by atoms with E-state index < -0.39 is 66.3 Å². The van der Waals surface area contributed by atoms with E-state index in [0.717, 1.165) is 10.8 Å². The van der Waals surface area contributed by atoms with Gasteiger partial charge in [-0.2, -0.15) is 13.6 Å². The second-order valence-corrected chi connectivity index (χ2v) is 10.7. The Balaban J connectivity index is 2.21. The molecule has 7 N–H and O–H groups in total. The number of nitrogen functional groups attached to an aromatic ring is 1. The van der Waals surface area contributed by atoms with Crippen LogP contribution in [-0.2, 0) is 31.6 Å². The summed E-state index contributed by atoms with van der Waals surface area (Å²) in [7, 11) is -17.0. The number of rotatable bonds is 9. The molecule has 16 nitrogen and oxygen atoms in total. The van der Waals surface area contributed by atoms with Crippen LogP contribution in [-0.4, -0.2) is 52.3 Å². The van der Waals surface area contributed by atoms with Crippen LogP contribution in [0.15, 0.2) is 17.1 Å². The monoisotopic (exact) mass is 513 g/mol. The predicted octanol–water partition coefficient (Wildman–Crippen LogP) is -0.105. The molecule has 0 aromatic carbocycles. The SMILES string of the molecule is CC[C@]1(COP(=O)(O)OP(=O)(O)OP(=O)(O)O)O[C@@H](n2ccc(N)nc2=O)C[C@@]1(O)F. The summed E-state index contributed by atoms with van der Waals surface area (Å²) in [6.07, 6.45) is -1.57. The summed E-state index contributed by atoms with van der Waals surface area (Å²) in [5.74, 6) is -3.37. The first kappa shape index (κ1) is 26.2. The molecule has 2 heterocycles. The lowest BCUT2D eigenvalue weighted by Crippen LogP contribution is -2.50. The van der Waals surface area contributed by atoms with Gasteiger partial charge in [-0.1, -0.05) is 6.92 Å². The van der Waals surface area contributed by atoms with E-state index in [4.69, 9.17) is 25.2 Å². The topological polar surface area (TPSA) is 250 Å². The molecule has 0 aliphatic carbocycles. The molecule has 1 fully saturated rings. The third-order valence-corrected chi connectivity index (χ3v) is 7.90. The zero-order chi connectivity index (χ0) is 23.9. The van der Waals surface area contributed by atoms with E-state index in [-0.39, 0.29) is 5.82 Å². The van der Waals surface area contributed by atoms with Crippen molar-refractivity contribution in [1.82, 2.24) is 9.55 Å². The number of aliphatic hydroxyl groups is 1. The number of alkyl halides is 1. The van der Waals surface area contributed by atoms with Crippen LogP contribution in [0, 0.1) is 0 Å². The first-order valence-electron chi connectivity index (χ1n) is 8.13. The van der Waals surface area contributed by atoms with Crippen molar-refractivity contribution >= 4 is 29.3 Å². The summed E-state index contributed by atoms with van der Waals surface area (Å²) < 4.78 is 66.5. The van der Waals surface area contributed by atoms with Gasteiger partial charge < -0.3 is 35.2 Å². The molecule has 0 bridgehead atoms. The van der Waals surface area contributed by atoms with Crippen LogP contribution in [0.1, 0.15) is 26.0 Å². The molecular weight excluding hydrogens is 494 g/mol. The molecule has 1 aliphatic heterocycles. The Morgan fingerprint density at radius 2 is 1.90 bits per heavy atom. The highest BCUT2D eigenvalue weighted by molar-refractivity contribution is 7.66. The van der Waals surface area contributed by atoms with Crippen LogP contribution in [0.4, 0.5) is 10.2 Å². The summed E-state index contributed by atoms with van der Waals surface area (Å²) >= 11 is 0. The molecule has 0 amide bonds. The Bertz CT molecular complexity index is 1030. The molecule has 1 aliphatic rings. The van der Waals surface area contributed by atoms with Crippen LogP contribution in [0.2, 0.25) is 0 Å². The molecule has 1 aromatic heterocycles. The van der Waals surface area contributed by atoms with Crippen LogP contribution >= 0.6 is 23.5 Å². The Morgan fingerprint density at radius 1 is 1.29 bits per heavy atom. The maximum Gasteiger partial charge on any atom is 0.490 e. The summed E-state index contributed by atoms with van der Waals surface area (Å²) in [5, 5.41) is 10.2. The molecule has 178 valence electrons. The molecule has 1 saturated heterocycles. The van der Waals surface area contributed by atoms with Gasteiger partial charge in [0.05, 0.1) is 13.0 Å². The van der Waals surface area contributed by atoms with Crippen molar-refractivity contribution in [1.29, 1.82) is 0 Å². The fourth-order valence-electron chi connectivity index (χ4n) is 2.70. The first-order valence-corrected chi connectivity index (χ1v) is 12.7. The van der Waals surface area contributed by atoms with E-state index in [2.05, 4.69) is 18.1 Å². The van der Waals surface area contributed by atoms with E-state index in [1.165, 1.54) is 13.0 Å². The van der Waals surface area contributed by atoms with Crippen LogP contribution in [0.3, 0.4) is 0 Å². The van der Waals surface area contributed by atoms with E-state index >= 15 is 0 Å². The van der Waals surface area contributed by atoms with Crippen molar-refractivity contribution in [3.05, 3.63) is 22.7 Å². The number of ether oxygens (including phenoxy) is 1. The molecule has 5 atom stereocenters. The number of nitrogens with two attached hydrogens (primary N) is 1. The van der Waals surface area contributed by atoms with Crippen molar-refractivity contribution in [3.8, 4) is 0 Å². The number of phosphoric acid groups is 3. The Labute approximate surface area is 172 Å². The van der Waals surface area contributed by atoms with Gasteiger partial charge in [0.2, 0.25) is 5.85 Å². The van der Waals surface area contributed by atoms with Crippen LogP contribution in [0.5, 0.6) is 0 Å². The van der Waals surface area contributed by atoms with Gasteiger partial charge in [0, 0.05) is 6.20 Å². The third kappa shape index (κ3) is 6.48. The highest BCUT2D eigenvalue weighted by atomic mass is 31.3. The van der Waals surface area contributed by atoms with E-state index in [1.54, 1.807) is 0 Å². The maximum absolute atomic E-state index is 15.0. The standard InChI is InChI=1S/C11H19FN3O13P3/c1-2-10(6-25-30(21,22)28-31(23,24)27-29(18,19)20)11(12,17)5-8(26-10)15-4-3-7(13)14-9(15)16/h3-4,8,17H,2,5-6H2,1H3,(H,21,22)(H,23,24)(H2,13,14,16)(H2,18,19,20)/t8-,10-,11+/m1/s1. The Hall–Kier alpha value is -1.06. The number of anilines is 1. The van der Waals surface area contributed by atoms with Crippen molar-refractivity contribution in [3.63, 3.8) is 0 Å². The number of halogens is 1. The van der Waals surface area contributed by atoms with Gasteiger partial charge in [-0.25, -0.2) is 22.9 Å². The maximum atomic E-state index is 15.0. The molecule has 2 unspecified atom stereocenters. The quantitative estimate of drug-likeness (QED) is 0.236. The van der Waals surface area contributed by atoms with Gasteiger partial charge in [-0.3, -0.25) is 9.09 Å². The van der Waals surface area contributed by atoms with Crippen LogP contribution in [0.25, 0.3) is 0 Å². The molecule has 31 heavy (non-hydrogen) atoms. The Morgan fingerprint density at radius 3 is 2.42 bits per heavy atom. The first-order chi connectivity index (χ1) is 13.9. The van der Waals surface area contributed by atoms with Crippen molar-refractivity contribution in [2.45, 2.75) is 37.4 Å². The second-order valence-electron chi connectivity index (χ2n) is 6.29. The average molecular weight is 513 g/mol. The van der Waals surface area contributed by atoms with Gasteiger partial charge in [0.25, 0.3) is 0 Å². The lowest BCUT2D eigenvalue weighted by Gasteiger charge is -2.34. The lowest BCUT2D eigenvalue weighted by atomic mass is 9.92. The minimum atomic E-state index is -5.79. The number of nitrogens with zero attached hydrogens (tertiary/aromatic N) is 2. The summed E-state index contributed by atoms with van der Waals surface area (Å²) in [4.78, 5) is 51.1. The predicted molar refractivity (Wildman–Crippen MR) is 96.5 cm³/mol. The molecule has 20 heteroatoms. The van der Waals surface area contributed by atoms with Gasteiger partial charge in [0.15, 0.2) is 5.60 Å². The van der Waals surface area contributed by atoms with E-state index in [9.17, 15) is 32.9 Å². The van der Waals surface area contributed by atoms with Crippen molar-refractivity contribution < 1.29 is 60.6 Å². The summed E-state index contributed by atoms with van der Waals surface area (Å²) in [6, 6.07) is 1.19. The zero-order valence-electron chi connectivity index (χ0n) is 15.5. The summed E-state index contributed by atoms with van der Waals surface area (Å²) in [6.45, 7) is 0.0329. The smallest absolute Gasteiger partial charge is 0.383 e. The lowest BCUT2D eigenvalue weighted by molar-refractivity contribution is -0.217. The van der Waals surface area contributed by atoms with Crippen LogP contribution < -0.4 is 11.4 Å². The van der Waals surface area contributed by atoms with Crippen molar-refractivity contribution in [2.24, 2.45) is 0 Å². The van der Waals surface area contributed by atoms with Gasteiger partial charge >= 0.3 is 29.2 Å². The molecule has 2 rings (SSSR count). The molecule has 0 radical (unpaired) electrons. The number of hydrogen-bond donors (Lipinski definition) is 6. The third-order valence-electron chi connectivity index (χ3n) is 4.11. The van der Waals surface area contributed by atoms with Gasteiger partial charge in [-0.15, -0.1) is 0 Å². The molecule has 1 aromatic rings.